The zero-order chi connectivity index (χ0) is 32.7. The maximum atomic E-state index is 13.1. The molecule has 0 saturated carbocycles. The maximum absolute atomic E-state index is 13.1. The molecule has 0 radical (unpaired) electrons. The smallest absolute Gasteiger partial charge is 0.345 e. The number of hydrogen-bond acceptors (Lipinski definition) is 9. The number of carbonyl (C=O) groups excluding carboxylic acids is 1. The van der Waals surface area contributed by atoms with Crippen molar-refractivity contribution in [3.05, 3.63) is 96.3 Å². The van der Waals surface area contributed by atoms with Crippen molar-refractivity contribution in [2.24, 2.45) is 0 Å². The van der Waals surface area contributed by atoms with Crippen molar-refractivity contribution >= 4 is 21.4 Å². The number of alkyl halides is 2. The molecule has 1 N–H and O–H groups in total. The summed E-state index contributed by atoms with van der Waals surface area (Å²) in [5, 5.41) is 20.4. The van der Waals surface area contributed by atoms with Crippen LogP contribution in [0.3, 0.4) is 0 Å². The Morgan fingerprint density at radius 3 is 2.28 bits per heavy atom. The molecule has 14 heteroatoms. The summed E-state index contributed by atoms with van der Waals surface area (Å²) >= 11 is 0. The number of hydrogen-bond donors (Lipinski definition) is 1. The van der Waals surface area contributed by atoms with Crippen molar-refractivity contribution < 1.29 is 31.5 Å². The Labute approximate surface area is 265 Å². The van der Waals surface area contributed by atoms with Crippen molar-refractivity contribution in [2.45, 2.75) is 49.5 Å². The molecule has 1 fully saturated rings. The van der Waals surface area contributed by atoms with Gasteiger partial charge in [0, 0.05) is 17.7 Å². The molecule has 5 rings (SSSR count). The Bertz CT molecular complexity index is 1750. The zero-order valence-electron chi connectivity index (χ0n) is 24.9. The molecule has 3 aromatic carbocycles. The number of nitrogens with zero attached hydrogens (tertiary/aromatic N) is 5. The van der Waals surface area contributed by atoms with Crippen molar-refractivity contribution in [3.63, 3.8) is 0 Å². The van der Waals surface area contributed by atoms with Gasteiger partial charge < -0.3 is 19.7 Å². The predicted molar refractivity (Wildman–Crippen MR) is 165 cm³/mol. The quantitative estimate of drug-likeness (QED) is 0.218. The number of nitriles is 1. The summed E-state index contributed by atoms with van der Waals surface area (Å²) in [6.45, 7) is -1.16. The van der Waals surface area contributed by atoms with Gasteiger partial charge in [0.2, 0.25) is 0 Å². The lowest BCUT2D eigenvalue weighted by Gasteiger charge is -2.26. The summed E-state index contributed by atoms with van der Waals surface area (Å²) in [6.07, 6.45) is 3.26. The van der Waals surface area contributed by atoms with Crippen molar-refractivity contribution in [2.75, 3.05) is 23.8 Å². The van der Waals surface area contributed by atoms with E-state index in [1.165, 1.54) is 16.9 Å². The van der Waals surface area contributed by atoms with Crippen molar-refractivity contribution in [1.29, 1.82) is 5.26 Å². The Kier molecular flexibility index (Phi) is 10.2. The summed E-state index contributed by atoms with van der Waals surface area (Å²) in [7, 11) is -3.39. The minimum Gasteiger partial charge on any atom is -0.489 e. The number of aromatic nitrogens is 3. The van der Waals surface area contributed by atoms with Gasteiger partial charge >= 0.3 is 6.61 Å². The molecule has 0 unspecified atom stereocenters. The van der Waals surface area contributed by atoms with E-state index >= 15 is 0 Å². The third-order valence-corrected chi connectivity index (χ3v) is 9.41. The molecule has 1 saturated heterocycles. The summed E-state index contributed by atoms with van der Waals surface area (Å²) in [4.78, 5) is 16.7. The largest absolute Gasteiger partial charge is 0.489 e. The van der Waals surface area contributed by atoms with Crippen LogP contribution in [-0.2, 0) is 14.6 Å². The van der Waals surface area contributed by atoms with E-state index < -0.39 is 34.4 Å². The molecule has 1 aliphatic rings. The second-order valence-electron chi connectivity index (χ2n) is 10.6. The Balaban J connectivity index is 1.26. The van der Waals surface area contributed by atoms with E-state index in [1.807, 2.05) is 17.0 Å². The molecular formula is C32H32F2N6O5S. The normalized spacial score (nSPS) is 17.1. The number of amides is 1. The monoisotopic (exact) mass is 650 g/mol. The van der Waals surface area contributed by atoms with Gasteiger partial charge in [-0.15, -0.1) is 0 Å². The number of ether oxygens (including phenoxy) is 2. The second-order valence-corrected chi connectivity index (χ2v) is 12.9. The number of benzene rings is 3. The van der Waals surface area contributed by atoms with Crippen LogP contribution in [0.2, 0.25) is 0 Å². The molecule has 0 bridgehead atoms. The topological polar surface area (TPSA) is 139 Å². The molecule has 1 aromatic heterocycles. The minimum absolute atomic E-state index is 0.0203. The average molecular weight is 651 g/mol. The fourth-order valence-corrected chi connectivity index (χ4v) is 6.16. The van der Waals surface area contributed by atoms with E-state index in [-0.39, 0.29) is 29.8 Å². The highest BCUT2D eigenvalue weighted by Gasteiger charge is 2.34. The lowest BCUT2D eigenvalue weighted by molar-refractivity contribution is -0.131. The average Bonchev–Trinajstić information content (AvgIpc) is 3.75. The fourth-order valence-electron chi connectivity index (χ4n) is 5.28. The van der Waals surface area contributed by atoms with E-state index in [2.05, 4.69) is 26.3 Å². The first kappa shape index (κ1) is 32.5. The zero-order valence-corrected chi connectivity index (χ0v) is 25.7. The highest BCUT2D eigenvalue weighted by atomic mass is 32.2. The van der Waals surface area contributed by atoms with Crippen LogP contribution in [0.4, 0.5) is 14.5 Å². The van der Waals surface area contributed by atoms with Gasteiger partial charge in [0.05, 0.1) is 66.5 Å². The molecule has 2 heterocycles. The molecule has 4 aromatic rings. The van der Waals surface area contributed by atoms with Crippen LogP contribution in [0.25, 0.3) is 5.69 Å². The van der Waals surface area contributed by atoms with Gasteiger partial charge in [-0.05, 0) is 66.2 Å². The molecule has 1 amide bonds. The Morgan fingerprint density at radius 2 is 1.67 bits per heavy atom. The first-order valence-electron chi connectivity index (χ1n) is 14.6. The molecule has 0 spiro atoms. The van der Waals surface area contributed by atoms with Gasteiger partial charge in [-0.3, -0.25) is 4.79 Å². The van der Waals surface area contributed by atoms with Crippen molar-refractivity contribution in [1.82, 2.24) is 20.3 Å². The molecule has 11 nitrogen and oxygen atoms in total. The van der Waals surface area contributed by atoms with E-state index in [9.17, 15) is 27.3 Å². The third-order valence-electron chi connectivity index (χ3n) is 7.66. The van der Waals surface area contributed by atoms with E-state index in [0.29, 0.717) is 35.5 Å². The summed E-state index contributed by atoms with van der Waals surface area (Å²) < 4.78 is 61.1. The van der Waals surface area contributed by atoms with Gasteiger partial charge in [0.1, 0.15) is 11.9 Å². The van der Waals surface area contributed by atoms with Crippen LogP contribution in [0, 0.1) is 11.3 Å². The van der Waals surface area contributed by atoms with Crippen LogP contribution >= 0.6 is 0 Å². The summed E-state index contributed by atoms with van der Waals surface area (Å²) in [6, 6.07) is 21.0. The van der Waals surface area contributed by atoms with Gasteiger partial charge in [-0.2, -0.15) is 29.0 Å². The van der Waals surface area contributed by atoms with E-state index in [1.54, 1.807) is 67.8 Å². The lowest BCUT2D eigenvalue weighted by Crippen LogP contribution is -2.34. The molecule has 46 heavy (non-hydrogen) atoms. The maximum Gasteiger partial charge on any atom is 0.345 e. The number of halogens is 2. The highest BCUT2D eigenvalue weighted by Crippen LogP contribution is 2.30. The molecule has 1 aliphatic heterocycles. The van der Waals surface area contributed by atoms with E-state index in [0.717, 1.165) is 5.69 Å². The van der Waals surface area contributed by atoms with E-state index in [4.69, 9.17) is 4.74 Å². The lowest BCUT2D eigenvalue weighted by atomic mass is 10.0. The van der Waals surface area contributed by atoms with Crippen LogP contribution in [0.5, 0.6) is 5.75 Å². The number of rotatable bonds is 13. The SMILES string of the molecule is CCS(=O)(=O)c1ccc([C@H](CC#N)NC(=O)c2ccc(N3C[C@@H](Oc4ccc(-n5nccn5)cc4)C[C@H]3COC(F)F)cc2)cc1. The molecule has 3 atom stereocenters. The van der Waals surface area contributed by atoms with Crippen LogP contribution in [0.15, 0.2) is 90.1 Å². The van der Waals surface area contributed by atoms with Gasteiger partial charge in [-0.25, -0.2) is 8.42 Å². The molecular weight excluding hydrogens is 618 g/mol. The first-order chi connectivity index (χ1) is 22.2. The van der Waals surface area contributed by atoms with Gasteiger partial charge in [-0.1, -0.05) is 19.1 Å². The standard InChI is InChI=1S/C32H32F2N6O5S/c1-2-46(42,43)29-13-5-22(6-14-29)30(15-16-35)38-31(41)23-3-7-24(8-4-23)39-20-28(19-26(39)21-44-32(33)34)45-27-11-9-25(10-12-27)40-36-17-18-37-40/h3-14,17-18,26,28,30,32H,2,15,19-21H2,1H3,(H,38,41)/t26-,28-,30-/m0/s1. The minimum atomic E-state index is -3.39. The number of sulfone groups is 1. The molecule has 240 valence electrons. The number of nitrogens with one attached hydrogen (secondary N) is 1. The molecule has 0 aliphatic carbocycles. The second kappa shape index (κ2) is 14.5. The predicted octanol–water partition coefficient (Wildman–Crippen LogP) is 4.71. The Morgan fingerprint density at radius 1 is 1.02 bits per heavy atom. The van der Waals surface area contributed by atoms with Crippen LogP contribution in [-0.4, -0.2) is 67.0 Å². The summed E-state index contributed by atoms with van der Waals surface area (Å²) in [5.41, 5.74) is 2.39. The fraction of sp³-hybridized carbons (Fsp3) is 0.312. The summed E-state index contributed by atoms with van der Waals surface area (Å²) in [5.74, 6) is 0.147. The van der Waals surface area contributed by atoms with Gasteiger partial charge in [0.25, 0.3) is 5.91 Å². The van der Waals surface area contributed by atoms with Gasteiger partial charge in [0.15, 0.2) is 9.84 Å². The first-order valence-corrected chi connectivity index (χ1v) is 16.2. The number of anilines is 1. The highest BCUT2D eigenvalue weighted by molar-refractivity contribution is 7.91. The third kappa shape index (κ3) is 7.85. The van der Waals surface area contributed by atoms with Crippen molar-refractivity contribution in [3.8, 4) is 17.5 Å². The van der Waals surface area contributed by atoms with Crippen LogP contribution < -0.4 is 15.0 Å². The van der Waals surface area contributed by atoms with Crippen LogP contribution in [0.1, 0.15) is 41.7 Å². The Hall–Kier alpha value is -4.87. The number of carbonyl (C=O) groups is 1.